The highest BCUT2D eigenvalue weighted by Gasteiger charge is 2.57. The van der Waals surface area contributed by atoms with Gasteiger partial charge in [-0.1, -0.05) is 0 Å². The number of aromatic nitrogens is 2. The Bertz CT molecular complexity index is 826. The third-order valence-electron chi connectivity index (χ3n) is 4.05. The molecule has 1 fully saturated rings. The van der Waals surface area contributed by atoms with Gasteiger partial charge in [-0.3, -0.25) is 9.97 Å². The molecule has 1 aromatic carbocycles. The van der Waals surface area contributed by atoms with Crippen LogP contribution in [0, 0.1) is 0 Å². The van der Waals surface area contributed by atoms with Crippen molar-refractivity contribution in [2.45, 2.75) is 30.9 Å². The number of urea groups is 1. The van der Waals surface area contributed by atoms with E-state index in [0.29, 0.717) is 24.2 Å². The number of hydrogen-bond donors (Lipinski definition) is 2. The van der Waals surface area contributed by atoms with Crippen molar-refractivity contribution in [3.63, 3.8) is 0 Å². The Morgan fingerprint density at radius 1 is 1.22 bits per heavy atom. The number of amides is 2. The standard InChI is InChI=1S/C17H15F5N4O/c18-16(19)8-14(16)10-5-11(17(20,21)22)7-13(6-10)26-15(27)25-2-1-12-9-23-3-4-24-12/h3-7,9,14H,1-2,8H2,(H2,25,26,27). The lowest BCUT2D eigenvalue weighted by atomic mass is 10.0. The zero-order chi connectivity index (χ0) is 19.7. The van der Waals surface area contributed by atoms with Gasteiger partial charge >= 0.3 is 12.2 Å². The van der Waals surface area contributed by atoms with Crippen molar-refractivity contribution in [2.24, 2.45) is 0 Å². The number of nitrogens with zero attached hydrogens (tertiary/aromatic N) is 2. The Balaban J connectivity index is 1.66. The topological polar surface area (TPSA) is 66.9 Å². The van der Waals surface area contributed by atoms with Gasteiger partial charge in [0.25, 0.3) is 5.92 Å². The lowest BCUT2D eigenvalue weighted by Gasteiger charge is -2.13. The van der Waals surface area contributed by atoms with Gasteiger partial charge in [0.15, 0.2) is 0 Å². The fourth-order valence-electron chi connectivity index (χ4n) is 2.60. The predicted molar refractivity (Wildman–Crippen MR) is 86.5 cm³/mol. The molecule has 0 radical (unpaired) electrons. The fraction of sp³-hybridized carbons (Fsp3) is 0.353. The zero-order valence-electron chi connectivity index (χ0n) is 13.9. The normalized spacial score (nSPS) is 18.0. The number of alkyl halides is 5. The minimum atomic E-state index is -4.71. The number of benzene rings is 1. The van der Waals surface area contributed by atoms with Gasteiger partial charge in [-0.2, -0.15) is 13.2 Å². The summed E-state index contributed by atoms with van der Waals surface area (Å²) in [5.74, 6) is -4.28. The molecule has 1 saturated carbocycles. The first-order chi connectivity index (χ1) is 12.6. The molecule has 1 aliphatic rings. The van der Waals surface area contributed by atoms with Gasteiger partial charge in [0, 0.05) is 43.7 Å². The monoisotopic (exact) mass is 386 g/mol. The Hall–Kier alpha value is -2.78. The van der Waals surface area contributed by atoms with Crippen LogP contribution in [0.5, 0.6) is 0 Å². The highest BCUT2D eigenvalue weighted by atomic mass is 19.4. The Kier molecular flexibility index (Phi) is 4.99. The molecule has 5 nitrogen and oxygen atoms in total. The number of carbonyl (C=O) groups is 1. The van der Waals surface area contributed by atoms with Crippen LogP contribution in [-0.4, -0.2) is 28.5 Å². The molecule has 1 atom stereocenters. The molecule has 10 heteroatoms. The summed E-state index contributed by atoms with van der Waals surface area (Å²) in [5.41, 5.74) is -0.795. The van der Waals surface area contributed by atoms with Crippen LogP contribution in [0.25, 0.3) is 0 Å². The third-order valence-corrected chi connectivity index (χ3v) is 4.05. The van der Waals surface area contributed by atoms with Gasteiger partial charge in [-0.25, -0.2) is 13.6 Å². The van der Waals surface area contributed by atoms with Gasteiger partial charge in [0.05, 0.1) is 17.2 Å². The van der Waals surface area contributed by atoms with Gasteiger partial charge in [0.1, 0.15) is 0 Å². The second kappa shape index (κ2) is 7.09. The van der Waals surface area contributed by atoms with Crippen molar-refractivity contribution >= 4 is 11.7 Å². The van der Waals surface area contributed by atoms with Crippen molar-refractivity contribution in [2.75, 3.05) is 11.9 Å². The highest BCUT2D eigenvalue weighted by Crippen LogP contribution is 2.56. The predicted octanol–water partition coefficient (Wildman–Crippen LogP) is 3.98. The molecule has 0 bridgehead atoms. The molecule has 3 rings (SSSR count). The first-order valence-electron chi connectivity index (χ1n) is 8.05. The number of carbonyl (C=O) groups excluding carboxylic acids is 1. The van der Waals surface area contributed by atoms with E-state index in [1.54, 1.807) is 0 Å². The van der Waals surface area contributed by atoms with E-state index in [1.165, 1.54) is 18.6 Å². The second-order valence-corrected chi connectivity index (χ2v) is 6.19. The summed E-state index contributed by atoms with van der Waals surface area (Å²) in [6, 6.07) is 1.81. The Labute approximate surface area is 151 Å². The summed E-state index contributed by atoms with van der Waals surface area (Å²) >= 11 is 0. The molecular formula is C17H15F5N4O. The summed E-state index contributed by atoms with van der Waals surface area (Å²) < 4.78 is 65.6. The van der Waals surface area contributed by atoms with Crippen molar-refractivity contribution in [3.05, 3.63) is 53.6 Å². The summed E-state index contributed by atoms with van der Waals surface area (Å²) in [5, 5.41) is 4.73. The van der Waals surface area contributed by atoms with Crippen LogP contribution in [-0.2, 0) is 12.6 Å². The van der Waals surface area contributed by atoms with Crippen molar-refractivity contribution in [3.8, 4) is 0 Å². The van der Waals surface area contributed by atoms with E-state index < -0.39 is 36.0 Å². The van der Waals surface area contributed by atoms with Crippen LogP contribution in [0.3, 0.4) is 0 Å². The lowest BCUT2D eigenvalue weighted by molar-refractivity contribution is -0.137. The molecule has 0 saturated heterocycles. The van der Waals surface area contributed by atoms with E-state index in [9.17, 15) is 26.7 Å². The van der Waals surface area contributed by atoms with Gasteiger partial charge < -0.3 is 10.6 Å². The molecule has 27 heavy (non-hydrogen) atoms. The van der Waals surface area contributed by atoms with Gasteiger partial charge in [0.2, 0.25) is 0 Å². The lowest BCUT2D eigenvalue weighted by Crippen LogP contribution is -2.30. The second-order valence-electron chi connectivity index (χ2n) is 6.19. The smallest absolute Gasteiger partial charge is 0.337 e. The van der Waals surface area contributed by atoms with Crippen LogP contribution in [0.15, 0.2) is 36.8 Å². The number of rotatable bonds is 5. The summed E-state index contributed by atoms with van der Waals surface area (Å²) in [4.78, 5) is 19.8. The largest absolute Gasteiger partial charge is 0.416 e. The molecule has 2 aromatic rings. The van der Waals surface area contributed by atoms with Crippen molar-refractivity contribution < 1.29 is 26.7 Å². The van der Waals surface area contributed by atoms with Gasteiger partial charge in [-0.05, 0) is 23.8 Å². The molecular weight excluding hydrogens is 371 g/mol. The minimum absolute atomic E-state index is 0.148. The molecule has 1 heterocycles. The summed E-state index contributed by atoms with van der Waals surface area (Å²) in [6.45, 7) is 0.178. The molecule has 2 amide bonds. The average Bonchev–Trinajstić information content (AvgIpc) is 3.23. The number of anilines is 1. The SMILES string of the molecule is O=C(NCCc1cnccn1)Nc1cc(C2CC2(F)F)cc(C(F)(F)F)c1. The summed E-state index contributed by atoms with van der Waals surface area (Å²) in [6.07, 6.45) is -0.319. The van der Waals surface area contributed by atoms with E-state index in [4.69, 9.17) is 0 Å². The Morgan fingerprint density at radius 3 is 2.56 bits per heavy atom. The first kappa shape index (κ1) is 19.0. The molecule has 0 spiro atoms. The maximum atomic E-state index is 13.2. The first-order valence-corrected chi connectivity index (χ1v) is 8.05. The maximum absolute atomic E-state index is 13.2. The fourth-order valence-corrected chi connectivity index (χ4v) is 2.60. The summed E-state index contributed by atoms with van der Waals surface area (Å²) in [7, 11) is 0. The van der Waals surface area contributed by atoms with Crippen LogP contribution in [0.2, 0.25) is 0 Å². The van der Waals surface area contributed by atoms with Crippen molar-refractivity contribution in [1.29, 1.82) is 0 Å². The molecule has 1 aromatic heterocycles. The van der Waals surface area contributed by atoms with E-state index in [1.807, 2.05) is 0 Å². The molecule has 0 aliphatic heterocycles. The Morgan fingerprint density at radius 2 is 1.96 bits per heavy atom. The van der Waals surface area contributed by atoms with Crippen LogP contribution < -0.4 is 10.6 Å². The molecule has 2 N–H and O–H groups in total. The minimum Gasteiger partial charge on any atom is -0.337 e. The van der Waals surface area contributed by atoms with E-state index >= 15 is 0 Å². The van der Waals surface area contributed by atoms with Crippen LogP contribution >= 0.6 is 0 Å². The third kappa shape index (κ3) is 4.89. The van der Waals surface area contributed by atoms with E-state index in [-0.39, 0.29) is 17.8 Å². The zero-order valence-corrected chi connectivity index (χ0v) is 13.9. The average molecular weight is 386 g/mol. The quantitative estimate of drug-likeness (QED) is 0.764. The highest BCUT2D eigenvalue weighted by molar-refractivity contribution is 5.89. The van der Waals surface area contributed by atoms with Crippen molar-refractivity contribution in [1.82, 2.24) is 15.3 Å². The number of hydrogen-bond acceptors (Lipinski definition) is 3. The maximum Gasteiger partial charge on any atom is 0.416 e. The van der Waals surface area contributed by atoms with Crippen LogP contribution in [0.1, 0.15) is 29.2 Å². The number of nitrogens with one attached hydrogen (secondary N) is 2. The number of halogens is 5. The van der Waals surface area contributed by atoms with Crippen LogP contribution in [0.4, 0.5) is 32.4 Å². The molecule has 144 valence electrons. The van der Waals surface area contributed by atoms with E-state index in [2.05, 4.69) is 20.6 Å². The van der Waals surface area contributed by atoms with Gasteiger partial charge in [-0.15, -0.1) is 0 Å². The molecule has 1 unspecified atom stereocenters. The van der Waals surface area contributed by atoms with E-state index in [0.717, 1.165) is 6.07 Å². The molecule has 1 aliphatic carbocycles.